The molecule has 122 valence electrons. The van der Waals surface area contributed by atoms with E-state index in [1.807, 2.05) is 17.5 Å². The molecule has 0 radical (unpaired) electrons. The monoisotopic (exact) mass is 335 g/mol. The standard InChI is InChI=1S/C20H21N3S/c1-13(18-12-24-20-5-3-2-4-17(18)20)23(15-6-7-15)16-8-9-19-14(10-16)11-21-22-19/h2-5,11-12,15-16H,1,6-10H2,(H,21,22). The largest absolute Gasteiger partial charge is 0.365 e. The van der Waals surface area contributed by atoms with E-state index in [0.717, 1.165) is 12.8 Å². The first-order valence-corrected chi connectivity index (χ1v) is 9.64. The number of thiophene rings is 1. The molecule has 0 aliphatic heterocycles. The first kappa shape index (κ1) is 14.3. The van der Waals surface area contributed by atoms with Crippen molar-refractivity contribution in [3.05, 3.63) is 59.2 Å². The van der Waals surface area contributed by atoms with E-state index in [9.17, 15) is 0 Å². The van der Waals surface area contributed by atoms with E-state index in [0.29, 0.717) is 12.1 Å². The second kappa shape index (κ2) is 5.49. The minimum Gasteiger partial charge on any atom is -0.365 e. The van der Waals surface area contributed by atoms with E-state index in [1.165, 1.54) is 51.9 Å². The van der Waals surface area contributed by atoms with Gasteiger partial charge < -0.3 is 4.90 Å². The summed E-state index contributed by atoms with van der Waals surface area (Å²) in [4.78, 5) is 2.63. The predicted octanol–water partition coefficient (Wildman–Crippen LogP) is 4.62. The van der Waals surface area contributed by atoms with Crippen molar-refractivity contribution in [2.45, 2.75) is 44.2 Å². The summed E-state index contributed by atoms with van der Waals surface area (Å²) >= 11 is 1.83. The molecule has 1 N–H and O–H groups in total. The molecule has 24 heavy (non-hydrogen) atoms. The van der Waals surface area contributed by atoms with Crippen LogP contribution in [-0.2, 0) is 12.8 Å². The Balaban J connectivity index is 1.49. The molecule has 1 atom stereocenters. The first-order valence-electron chi connectivity index (χ1n) is 8.76. The average molecular weight is 335 g/mol. The highest BCUT2D eigenvalue weighted by atomic mass is 32.1. The Bertz CT molecular complexity index is 902. The number of hydrogen-bond donors (Lipinski definition) is 1. The lowest BCUT2D eigenvalue weighted by Gasteiger charge is -2.37. The topological polar surface area (TPSA) is 31.9 Å². The SMILES string of the molecule is C=C(c1csc2ccccc12)N(C1CC1)C1CCc2[nH]ncc2C1. The van der Waals surface area contributed by atoms with Crippen LogP contribution in [0.1, 0.15) is 36.1 Å². The van der Waals surface area contributed by atoms with Gasteiger partial charge in [-0.25, -0.2) is 0 Å². The maximum Gasteiger partial charge on any atom is 0.0522 e. The molecule has 2 aliphatic rings. The zero-order valence-electron chi connectivity index (χ0n) is 13.7. The molecule has 0 spiro atoms. The molecule has 1 unspecified atom stereocenters. The summed E-state index contributed by atoms with van der Waals surface area (Å²) in [6.07, 6.45) is 7.98. The van der Waals surface area contributed by atoms with Crippen LogP contribution in [0.4, 0.5) is 0 Å². The molecule has 5 rings (SSSR count). The van der Waals surface area contributed by atoms with Crippen molar-refractivity contribution < 1.29 is 0 Å². The van der Waals surface area contributed by atoms with Crippen LogP contribution in [0.5, 0.6) is 0 Å². The van der Waals surface area contributed by atoms with Crippen molar-refractivity contribution in [3.8, 4) is 0 Å². The maximum atomic E-state index is 4.54. The van der Waals surface area contributed by atoms with Crippen LogP contribution in [0, 0.1) is 0 Å². The summed E-state index contributed by atoms with van der Waals surface area (Å²) in [5.74, 6) is 0. The van der Waals surface area contributed by atoms with Gasteiger partial charge in [-0.3, -0.25) is 5.10 Å². The van der Waals surface area contributed by atoms with Crippen molar-refractivity contribution in [1.82, 2.24) is 15.1 Å². The minimum atomic E-state index is 0.550. The fraction of sp³-hybridized carbons (Fsp3) is 0.350. The minimum absolute atomic E-state index is 0.550. The molecule has 1 fully saturated rings. The highest BCUT2D eigenvalue weighted by Gasteiger charge is 2.37. The van der Waals surface area contributed by atoms with E-state index in [2.05, 4.69) is 51.3 Å². The molecular weight excluding hydrogens is 314 g/mol. The number of rotatable bonds is 4. The number of nitrogens with zero attached hydrogens (tertiary/aromatic N) is 2. The molecule has 0 bridgehead atoms. The summed E-state index contributed by atoms with van der Waals surface area (Å²) in [6, 6.07) is 9.91. The third-order valence-electron chi connectivity index (χ3n) is 5.43. The Morgan fingerprint density at radius 1 is 1.21 bits per heavy atom. The smallest absolute Gasteiger partial charge is 0.0522 e. The van der Waals surface area contributed by atoms with Crippen LogP contribution in [0.2, 0.25) is 0 Å². The highest BCUT2D eigenvalue weighted by Crippen LogP contribution is 2.41. The quantitative estimate of drug-likeness (QED) is 0.754. The van der Waals surface area contributed by atoms with Crippen LogP contribution in [0.25, 0.3) is 15.8 Å². The van der Waals surface area contributed by atoms with Crippen LogP contribution in [-0.4, -0.2) is 27.2 Å². The Labute approximate surface area is 146 Å². The highest BCUT2D eigenvalue weighted by molar-refractivity contribution is 7.17. The van der Waals surface area contributed by atoms with Crippen molar-refractivity contribution >= 4 is 27.1 Å². The maximum absolute atomic E-state index is 4.54. The van der Waals surface area contributed by atoms with Crippen LogP contribution < -0.4 is 0 Å². The second-order valence-electron chi connectivity index (χ2n) is 7.00. The van der Waals surface area contributed by atoms with Gasteiger partial charge in [0, 0.05) is 44.5 Å². The van der Waals surface area contributed by atoms with E-state index in [1.54, 1.807) is 0 Å². The van der Waals surface area contributed by atoms with Crippen molar-refractivity contribution in [2.24, 2.45) is 0 Å². The number of benzene rings is 1. The van der Waals surface area contributed by atoms with Crippen molar-refractivity contribution in [3.63, 3.8) is 0 Å². The number of hydrogen-bond acceptors (Lipinski definition) is 3. The summed E-state index contributed by atoms with van der Waals surface area (Å²) < 4.78 is 1.35. The summed E-state index contributed by atoms with van der Waals surface area (Å²) in [5, 5.41) is 11.0. The van der Waals surface area contributed by atoms with E-state index >= 15 is 0 Å². The lowest BCUT2D eigenvalue weighted by atomic mass is 9.91. The Morgan fingerprint density at radius 2 is 2.08 bits per heavy atom. The van der Waals surface area contributed by atoms with Gasteiger partial charge in [0.25, 0.3) is 0 Å². The molecule has 2 aliphatic carbocycles. The fourth-order valence-corrected chi connectivity index (χ4v) is 5.04. The number of aryl methyl sites for hydroxylation is 1. The zero-order chi connectivity index (χ0) is 16.1. The van der Waals surface area contributed by atoms with Gasteiger partial charge in [-0.15, -0.1) is 11.3 Å². The van der Waals surface area contributed by atoms with Gasteiger partial charge in [0.2, 0.25) is 0 Å². The zero-order valence-corrected chi connectivity index (χ0v) is 14.5. The molecule has 1 aromatic carbocycles. The fourth-order valence-electron chi connectivity index (χ4n) is 4.07. The van der Waals surface area contributed by atoms with Crippen LogP contribution in [0.3, 0.4) is 0 Å². The van der Waals surface area contributed by atoms with Crippen LogP contribution in [0.15, 0.2) is 42.4 Å². The van der Waals surface area contributed by atoms with Gasteiger partial charge in [-0.2, -0.15) is 5.10 Å². The lowest BCUT2D eigenvalue weighted by molar-refractivity contribution is 0.260. The van der Waals surface area contributed by atoms with Gasteiger partial charge in [-0.1, -0.05) is 24.8 Å². The Morgan fingerprint density at radius 3 is 2.96 bits per heavy atom. The average Bonchev–Trinajstić information content (AvgIpc) is 3.17. The molecule has 4 heteroatoms. The van der Waals surface area contributed by atoms with Crippen molar-refractivity contribution in [1.29, 1.82) is 0 Å². The number of aromatic nitrogens is 2. The first-order chi connectivity index (χ1) is 11.8. The molecule has 1 saturated carbocycles. The van der Waals surface area contributed by atoms with Gasteiger partial charge in [-0.05, 0) is 43.7 Å². The molecule has 0 saturated heterocycles. The Hall–Kier alpha value is -2.07. The molecule has 2 aromatic heterocycles. The molecule has 0 amide bonds. The van der Waals surface area contributed by atoms with Crippen molar-refractivity contribution in [2.75, 3.05) is 0 Å². The number of fused-ring (bicyclic) bond motifs is 2. The molecule has 3 nitrogen and oxygen atoms in total. The Kier molecular flexibility index (Phi) is 3.27. The van der Waals surface area contributed by atoms with E-state index < -0.39 is 0 Å². The molecule has 3 aromatic rings. The number of H-pyrrole nitrogens is 1. The van der Waals surface area contributed by atoms with E-state index in [4.69, 9.17) is 0 Å². The summed E-state index contributed by atoms with van der Waals surface area (Å²) in [5.41, 5.74) is 5.25. The van der Waals surface area contributed by atoms with Gasteiger partial charge in [0.15, 0.2) is 0 Å². The summed E-state index contributed by atoms with van der Waals surface area (Å²) in [6.45, 7) is 4.54. The molecular formula is C20H21N3S. The van der Waals surface area contributed by atoms with Gasteiger partial charge in [0.05, 0.1) is 6.20 Å². The number of aromatic amines is 1. The molecule has 2 heterocycles. The van der Waals surface area contributed by atoms with Crippen LogP contribution >= 0.6 is 11.3 Å². The van der Waals surface area contributed by atoms with Gasteiger partial charge in [0.1, 0.15) is 0 Å². The summed E-state index contributed by atoms with van der Waals surface area (Å²) in [7, 11) is 0. The second-order valence-corrected chi connectivity index (χ2v) is 7.91. The van der Waals surface area contributed by atoms with Gasteiger partial charge >= 0.3 is 0 Å². The third kappa shape index (κ3) is 2.28. The number of nitrogens with one attached hydrogen (secondary N) is 1. The third-order valence-corrected chi connectivity index (χ3v) is 6.39. The lowest BCUT2D eigenvalue weighted by Crippen LogP contribution is -2.39. The predicted molar refractivity (Wildman–Crippen MR) is 100 cm³/mol. The normalized spacial score (nSPS) is 20.1. The van der Waals surface area contributed by atoms with E-state index in [-0.39, 0.29) is 0 Å².